The molecule has 104 valence electrons. The lowest BCUT2D eigenvalue weighted by molar-refractivity contribution is -0.144. The minimum atomic E-state index is -0.857. The second kappa shape index (κ2) is 6.94. The Kier molecular flexibility index (Phi) is 5.57. The van der Waals surface area contributed by atoms with E-state index >= 15 is 0 Å². The van der Waals surface area contributed by atoms with Gasteiger partial charge in [-0.3, -0.25) is 4.79 Å². The number of rotatable bonds is 5. The predicted octanol–water partition coefficient (Wildman–Crippen LogP) is 1.57. The number of carbonyl (C=O) groups is 2. The second-order valence-corrected chi connectivity index (χ2v) is 4.25. The van der Waals surface area contributed by atoms with Crippen LogP contribution in [-0.4, -0.2) is 31.6 Å². The topological polar surface area (TPSA) is 67.4 Å². The number of nitrogens with one attached hydrogen (secondary N) is 2. The first-order chi connectivity index (χ1) is 8.92. The van der Waals surface area contributed by atoms with Crippen LogP contribution in [0.5, 0.6) is 0 Å². The first-order valence-electron chi connectivity index (χ1n) is 5.47. The van der Waals surface area contributed by atoms with Gasteiger partial charge in [0.2, 0.25) is 5.91 Å². The van der Waals surface area contributed by atoms with Crippen LogP contribution in [0.3, 0.4) is 0 Å². The SMILES string of the molecule is COC(=O)C(CNc1cc(F)cc(Cl)c1)NC(C)=O. The van der Waals surface area contributed by atoms with Crippen molar-refractivity contribution in [3.8, 4) is 0 Å². The number of esters is 1. The number of hydrogen-bond acceptors (Lipinski definition) is 4. The highest BCUT2D eigenvalue weighted by Crippen LogP contribution is 2.17. The highest BCUT2D eigenvalue weighted by Gasteiger charge is 2.19. The molecule has 1 atom stereocenters. The molecule has 1 amide bonds. The summed E-state index contributed by atoms with van der Waals surface area (Å²) in [6, 6.07) is 3.04. The van der Waals surface area contributed by atoms with Crippen LogP contribution in [0.2, 0.25) is 5.02 Å². The highest BCUT2D eigenvalue weighted by atomic mass is 35.5. The van der Waals surface area contributed by atoms with Gasteiger partial charge >= 0.3 is 5.97 Å². The number of carbonyl (C=O) groups excluding carboxylic acids is 2. The molecule has 2 N–H and O–H groups in total. The zero-order valence-corrected chi connectivity index (χ0v) is 11.3. The number of benzene rings is 1. The summed E-state index contributed by atoms with van der Waals surface area (Å²) in [5.74, 6) is -1.45. The molecule has 0 saturated heterocycles. The monoisotopic (exact) mass is 288 g/mol. The van der Waals surface area contributed by atoms with Gasteiger partial charge in [-0.05, 0) is 18.2 Å². The van der Waals surface area contributed by atoms with Crippen molar-refractivity contribution >= 4 is 29.2 Å². The van der Waals surface area contributed by atoms with Gasteiger partial charge in [0.1, 0.15) is 11.9 Å². The van der Waals surface area contributed by atoms with E-state index in [1.54, 1.807) is 0 Å². The third-order valence-corrected chi connectivity index (χ3v) is 2.45. The van der Waals surface area contributed by atoms with Crippen LogP contribution >= 0.6 is 11.6 Å². The van der Waals surface area contributed by atoms with Crippen LogP contribution in [0.1, 0.15) is 6.92 Å². The van der Waals surface area contributed by atoms with Crippen molar-refractivity contribution in [2.75, 3.05) is 19.0 Å². The summed E-state index contributed by atoms with van der Waals surface area (Å²) in [5.41, 5.74) is 0.407. The van der Waals surface area contributed by atoms with E-state index in [1.165, 1.54) is 32.2 Å². The Morgan fingerprint density at radius 2 is 2.11 bits per heavy atom. The molecule has 19 heavy (non-hydrogen) atoms. The summed E-state index contributed by atoms with van der Waals surface area (Å²) >= 11 is 5.70. The minimum absolute atomic E-state index is 0.0615. The van der Waals surface area contributed by atoms with E-state index in [4.69, 9.17) is 11.6 Å². The van der Waals surface area contributed by atoms with Gasteiger partial charge in [-0.15, -0.1) is 0 Å². The third-order valence-electron chi connectivity index (χ3n) is 2.24. The first kappa shape index (κ1) is 15.2. The zero-order chi connectivity index (χ0) is 14.4. The molecule has 7 heteroatoms. The van der Waals surface area contributed by atoms with Gasteiger partial charge in [0.25, 0.3) is 0 Å². The lowest BCUT2D eigenvalue weighted by atomic mass is 10.2. The fraction of sp³-hybridized carbons (Fsp3) is 0.333. The molecule has 0 spiro atoms. The molecule has 1 aromatic rings. The van der Waals surface area contributed by atoms with E-state index in [0.717, 1.165) is 0 Å². The molecular formula is C12H14ClFN2O3. The van der Waals surface area contributed by atoms with Gasteiger partial charge in [-0.2, -0.15) is 0 Å². The van der Waals surface area contributed by atoms with E-state index in [9.17, 15) is 14.0 Å². The Bertz CT molecular complexity index is 462. The molecule has 0 saturated carbocycles. The molecule has 1 unspecified atom stereocenters. The molecule has 1 aromatic carbocycles. The van der Waals surface area contributed by atoms with E-state index in [1.807, 2.05) is 0 Å². The third kappa shape index (κ3) is 5.13. The molecule has 0 radical (unpaired) electrons. The van der Waals surface area contributed by atoms with Gasteiger partial charge in [0.15, 0.2) is 0 Å². The van der Waals surface area contributed by atoms with E-state index < -0.39 is 17.8 Å². The molecule has 0 aliphatic carbocycles. The summed E-state index contributed by atoms with van der Waals surface area (Å²) in [5, 5.41) is 5.47. The summed E-state index contributed by atoms with van der Waals surface area (Å²) < 4.78 is 17.7. The molecule has 0 aromatic heterocycles. The van der Waals surface area contributed by atoms with Crippen LogP contribution in [0.4, 0.5) is 10.1 Å². The van der Waals surface area contributed by atoms with Crippen LogP contribution < -0.4 is 10.6 Å². The predicted molar refractivity (Wildman–Crippen MR) is 69.5 cm³/mol. The summed E-state index contributed by atoms with van der Waals surface area (Å²) in [7, 11) is 1.22. The second-order valence-electron chi connectivity index (χ2n) is 3.82. The largest absolute Gasteiger partial charge is 0.467 e. The number of hydrogen-bond donors (Lipinski definition) is 2. The van der Waals surface area contributed by atoms with E-state index in [-0.39, 0.29) is 17.5 Å². The molecule has 0 aliphatic rings. The zero-order valence-electron chi connectivity index (χ0n) is 10.5. The number of amides is 1. The van der Waals surface area contributed by atoms with Crippen molar-refractivity contribution in [1.29, 1.82) is 0 Å². The Labute approximate surface area is 115 Å². The molecule has 0 bridgehead atoms. The highest BCUT2D eigenvalue weighted by molar-refractivity contribution is 6.30. The Balaban J connectivity index is 2.69. The van der Waals surface area contributed by atoms with Crippen molar-refractivity contribution in [3.63, 3.8) is 0 Å². The van der Waals surface area contributed by atoms with Crippen molar-refractivity contribution in [2.45, 2.75) is 13.0 Å². The van der Waals surface area contributed by atoms with Gasteiger partial charge in [0.05, 0.1) is 7.11 Å². The Hall–Kier alpha value is -1.82. The van der Waals surface area contributed by atoms with E-state index in [2.05, 4.69) is 15.4 Å². The van der Waals surface area contributed by atoms with Crippen LogP contribution in [0, 0.1) is 5.82 Å². The fourth-order valence-corrected chi connectivity index (χ4v) is 1.68. The van der Waals surface area contributed by atoms with Crippen LogP contribution in [-0.2, 0) is 14.3 Å². The number of halogens is 2. The average molecular weight is 289 g/mol. The van der Waals surface area contributed by atoms with Crippen molar-refractivity contribution in [1.82, 2.24) is 5.32 Å². The summed E-state index contributed by atoms with van der Waals surface area (Å²) in [6.07, 6.45) is 0. The summed E-state index contributed by atoms with van der Waals surface area (Å²) in [4.78, 5) is 22.4. The smallest absolute Gasteiger partial charge is 0.330 e. The number of ether oxygens (including phenoxy) is 1. The van der Waals surface area contributed by atoms with Crippen LogP contribution in [0.15, 0.2) is 18.2 Å². The lowest BCUT2D eigenvalue weighted by Crippen LogP contribution is -2.45. The Morgan fingerprint density at radius 1 is 1.42 bits per heavy atom. The summed E-state index contributed by atoms with van der Waals surface area (Å²) in [6.45, 7) is 1.35. The standard InChI is InChI=1S/C12H14ClFN2O3/c1-7(17)16-11(12(18)19-2)6-15-10-4-8(13)3-9(14)5-10/h3-5,11,15H,6H2,1-2H3,(H,16,17). The van der Waals surface area contributed by atoms with Gasteiger partial charge < -0.3 is 15.4 Å². The maximum absolute atomic E-state index is 13.1. The lowest BCUT2D eigenvalue weighted by Gasteiger charge is -2.16. The molecule has 5 nitrogen and oxygen atoms in total. The molecule has 0 aliphatic heterocycles. The first-order valence-corrected chi connectivity index (χ1v) is 5.85. The van der Waals surface area contributed by atoms with Gasteiger partial charge in [-0.1, -0.05) is 11.6 Å². The minimum Gasteiger partial charge on any atom is -0.467 e. The number of anilines is 1. The van der Waals surface area contributed by atoms with Crippen molar-refractivity contribution in [2.24, 2.45) is 0 Å². The maximum Gasteiger partial charge on any atom is 0.330 e. The molecule has 1 rings (SSSR count). The van der Waals surface area contributed by atoms with Crippen molar-refractivity contribution < 1.29 is 18.7 Å². The van der Waals surface area contributed by atoms with Crippen LogP contribution in [0.25, 0.3) is 0 Å². The quantitative estimate of drug-likeness (QED) is 0.807. The Morgan fingerprint density at radius 3 is 2.63 bits per heavy atom. The van der Waals surface area contributed by atoms with Crippen molar-refractivity contribution in [3.05, 3.63) is 29.0 Å². The molecule has 0 fully saturated rings. The average Bonchev–Trinajstić information content (AvgIpc) is 2.31. The maximum atomic E-state index is 13.1. The van der Waals surface area contributed by atoms with Gasteiger partial charge in [0, 0.05) is 24.2 Å². The van der Waals surface area contributed by atoms with Gasteiger partial charge in [-0.25, -0.2) is 9.18 Å². The number of methoxy groups -OCH3 is 1. The molecular weight excluding hydrogens is 275 g/mol. The van der Waals surface area contributed by atoms with E-state index in [0.29, 0.717) is 5.69 Å². The fourth-order valence-electron chi connectivity index (χ4n) is 1.46. The normalized spacial score (nSPS) is 11.6. The molecule has 0 heterocycles.